The smallest absolute Gasteiger partial charge is 0.251 e. The standard InChI is InChI=1S/C11H17N3O3/c1-8-5-11(16)14(6-9(8)12)7-10(15)13-3-4-17-2/h5-6H,3-4,7,12H2,1-2H3,(H,13,15). The van der Waals surface area contributed by atoms with Gasteiger partial charge in [-0.3, -0.25) is 9.59 Å². The predicted octanol–water partition coefficient (Wildman–Crippen LogP) is -0.498. The number of nitrogen functional groups attached to an aromatic ring is 1. The Balaban J connectivity index is 2.65. The van der Waals surface area contributed by atoms with E-state index in [1.807, 2.05) is 0 Å². The van der Waals surface area contributed by atoms with Crippen LogP contribution >= 0.6 is 0 Å². The lowest BCUT2D eigenvalue weighted by Crippen LogP contribution is -2.33. The molecule has 0 aliphatic heterocycles. The van der Waals surface area contributed by atoms with E-state index >= 15 is 0 Å². The number of aryl methyl sites for hydroxylation is 1. The number of hydrogen-bond acceptors (Lipinski definition) is 4. The van der Waals surface area contributed by atoms with Crippen LogP contribution in [0.25, 0.3) is 0 Å². The molecule has 1 rings (SSSR count). The molecule has 0 aliphatic carbocycles. The van der Waals surface area contributed by atoms with Crippen molar-refractivity contribution in [3.8, 4) is 0 Å². The third-order valence-corrected chi connectivity index (χ3v) is 2.32. The van der Waals surface area contributed by atoms with E-state index < -0.39 is 0 Å². The number of pyridine rings is 1. The summed E-state index contributed by atoms with van der Waals surface area (Å²) in [5.41, 5.74) is 6.65. The van der Waals surface area contributed by atoms with Crippen LogP contribution in [0, 0.1) is 6.92 Å². The molecule has 0 saturated heterocycles. The zero-order valence-corrected chi connectivity index (χ0v) is 10.0. The average Bonchev–Trinajstić information content (AvgIpc) is 2.26. The molecular weight excluding hydrogens is 222 g/mol. The van der Waals surface area contributed by atoms with E-state index in [0.29, 0.717) is 24.4 Å². The molecule has 0 spiro atoms. The minimum absolute atomic E-state index is 0.0347. The number of carbonyl (C=O) groups is 1. The number of nitrogens with one attached hydrogen (secondary N) is 1. The molecule has 0 unspecified atom stereocenters. The summed E-state index contributed by atoms with van der Waals surface area (Å²) in [6, 6.07) is 1.41. The van der Waals surface area contributed by atoms with Gasteiger partial charge in [0.15, 0.2) is 0 Å². The summed E-state index contributed by atoms with van der Waals surface area (Å²) in [6.07, 6.45) is 1.48. The maximum atomic E-state index is 11.6. The number of aromatic nitrogens is 1. The van der Waals surface area contributed by atoms with Gasteiger partial charge in [-0.25, -0.2) is 0 Å². The lowest BCUT2D eigenvalue weighted by Gasteiger charge is -2.08. The first kappa shape index (κ1) is 13.2. The highest BCUT2D eigenvalue weighted by Crippen LogP contribution is 2.04. The van der Waals surface area contributed by atoms with Gasteiger partial charge in [-0.15, -0.1) is 0 Å². The van der Waals surface area contributed by atoms with Crippen LogP contribution in [0.3, 0.4) is 0 Å². The monoisotopic (exact) mass is 239 g/mol. The molecule has 0 aromatic carbocycles. The Morgan fingerprint density at radius 1 is 1.59 bits per heavy atom. The van der Waals surface area contributed by atoms with E-state index in [1.165, 1.54) is 16.8 Å². The van der Waals surface area contributed by atoms with Gasteiger partial charge in [0.05, 0.1) is 12.3 Å². The molecule has 94 valence electrons. The van der Waals surface area contributed by atoms with Gasteiger partial charge < -0.3 is 20.4 Å². The number of amides is 1. The normalized spacial score (nSPS) is 10.2. The Labute approximate surface area is 99.4 Å². The molecule has 3 N–H and O–H groups in total. The Morgan fingerprint density at radius 3 is 2.94 bits per heavy atom. The SMILES string of the molecule is COCCNC(=O)Cn1cc(N)c(C)cc1=O. The van der Waals surface area contributed by atoms with Gasteiger partial charge in [-0.2, -0.15) is 0 Å². The highest BCUT2D eigenvalue weighted by Gasteiger charge is 2.05. The Hall–Kier alpha value is -1.82. The number of nitrogens with zero attached hydrogens (tertiary/aromatic N) is 1. The van der Waals surface area contributed by atoms with Gasteiger partial charge in [0.1, 0.15) is 6.54 Å². The Kier molecular flexibility index (Phi) is 4.71. The first-order chi connectivity index (χ1) is 8.04. The molecule has 0 aliphatic rings. The average molecular weight is 239 g/mol. The van der Waals surface area contributed by atoms with Crippen LogP contribution in [0.5, 0.6) is 0 Å². The number of methoxy groups -OCH3 is 1. The number of carbonyl (C=O) groups excluding carboxylic acids is 1. The van der Waals surface area contributed by atoms with Gasteiger partial charge in [0.25, 0.3) is 5.56 Å². The molecular formula is C11H17N3O3. The van der Waals surface area contributed by atoms with Gasteiger partial charge in [-0.05, 0) is 12.5 Å². The fourth-order valence-corrected chi connectivity index (χ4v) is 1.31. The topological polar surface area (TPSA) is 86.3 Å². The van der Waals surface area contributed by atoms with Crippen molar-refractivity contribution in [3.05, 3.63) is 28.2 Å². The third kappa shape index (κ3) is 3.92. The van der Waals surface area contributed by atoms with Crippen LogP contribution in [0.2, 0.25) is 0 Å². The molecule has 17 heavy (non-hydrogen) atoms. The van der Waals surface area contributed by atoms with Gasteiger partial charge in [-0.1, -0.05) is 0 Å². The van der Waals surface area contributed by atoms with Crippen molar-refractivity contribution in [1.82, 2.24) is 9.88 Å². The second-order valence-corrected chi connectivity index (χ2v) is 3.72. The van der Waals surface area contributed by atoms with E-state index in [0.717, 1.165) is 0 Å². The highest BCUT2D eigenvalue weighted by molar-refractivity contribution is 5.75. The predicted molar refractivity (Wildman–Crippen MR) is 64.7 cm³/mol. The summed E-state index contributed by atoms with van der Waals surface area (Å²) in [6.45, 7) is 2.58. The first-order valence-electron chi connectivity index (χ1n) is 5.27. The third-order valence-electron chi connectivity index (χ3n) is 2.32. The number of nitrogens with two attached hydrogens (primary N) is 1. The van der Waals surface area contributed by atoms with Crippen molar-refractivity contribution >= 4 is 11.6 Å². The van der Waals surface area contributed by atoms with Gasteiger partial charge in [0.2, 0.25) is 5.91 Å². The lowest BCUT2D eigenvalue weighted by molar-refractivity contribution is -0.121. The van der Waals surface area contributed by atoms with Crippen molar-refractivity contribution < 1.29 is 9.53 Å². The van der Waals surface area contributed by atoms with Crippen molar-refractivity contribution in [2.24, 2.45) is 0 Å². The zero-order valence-electron chi connectivity index (χ0n) is 10.0. The highest BCUT2D eigenvalue weighted by atomic mass is 16.5. The van der Waals surface area contributed by atoms with Crippen LogP contribution in [0.1, 0.15) is 5.56 Å². The maximum absolute atomic E-state index is 11.6. The molecule has 0 saturated carbocycles. The summed E-state index contributed by atoms with van der Waals surface area (Å²) < 4.78 is 6.08. The summed E-state index contributed by atoms with van der Waals surface area (Å²) in [4.78, 5) is 23.0. The number of ether oxygens (including phenoxy) is 1. The van der Waals surface area contributed by atoms with Crippen LogP contribution in [0.15, 0.2) is 17.1 Å². The minimum atomic E-state index is -0.243. The Morgan fingerprint density at radius 2 is 2.29 bits per heavy atom. The summed E-state index contributed by atoms with van der Waals surface area (Å²) >= 11 is 0. The quantitative estimate of drug-likeness (QED) is 0.678. The van der Waals surface area contributed by atoms with E-state index in [9.17, 15) is 9.59 Å². The fraction of sp³-hybridized carbons (Fsp3) is 0.455. The minimum Gasteiger partial charge on any atom is -0.397 e. The molecule has 6 nitrogen and oxygen atoms in total. The largest absolute Gasteiger partial charge is 0.397 e. The van der Waals surface area contributed by atoms with E-state index in [1.54, 1.807) is 14.0 Å². The van der Waals surface area contributed by atoms with Gasteiger partial charge >= 0.3 is 0 Å². The van der Waals surface area contributed by atoms with E-state index in [-0.39, 0.29) is 18.0 Å². The van der Waals surface area contributed by atoms with E-state index in [4.69, 9.17) is 10.5 Å². The molecule has 6 heteroatoms. The van der Waals surface area contributed by atoms with Crippen molar-refractivity contribution in [1.29, 1.82) is 0 Å². The number of hydrogen-bond donors (Lipinski definition) is 2. The lowest BCUT2D eigenvalue weighted by atomic mass is 10.2. The van der Waals surface area contributed by atoms with Crippen molar-refractivity contribution in [3.63, 3.8) is 0 Å². The molecule has 1 heterocycles. The molecule has 1 amide bonds. The second-order valence-electron chi connectivity index (χ2n) is 3.72. The molecule has 0 atom stereocenters. The van der Waals surface area contributed by atoms with Crippen molar-refractivity contribution in [2.75, 3.05) is 26.0 Å². The van der Waals surface area contributed by atoms with Crippen LogP contribution in [-0.4, -0.2) is 30.7 Å². The summed E-state index contributed by atoms with van der Waals surface area (Å²) in [5, 5.41) is 2.63. The molecule has 0 radical (unpaired) electrons. The maximum Gasteiger partial charge on any atom is 0.251 e. The summed E-state index contributed by atoms with van der Waals surface area (Å²) in [7, 11) is 1.55. The van der Waals surface area contributed by atoms with Crippen LogP contribution in [-0.2, 0) is 16.1 Å². The molecule has 1 aromatic rings. The second kappa shape index (κ2) is 6.05. The molecule has 1 aromatic heterocycles. The molecule has 0 fully saturated rings. The van der Waals surface area contributed by atoms with Gasteiger partial charge in [0, 0.05) is 25.9 Å². The first-order valence-corrected chi connectivity index (χ1v) is 5.27. The van der Waals surface area contributed by atoms with Crippen molar-refractivity contribution in [2.45, 2.75) is 13.5 Å². The summed E-state index contributed by atoms with van der Waals surface area (Å²) in [5.74, 6) is -0.243. The number of rotatable bonds is 5. The Bertz CT molecular complexity index is 454. The van der Waals surface area contributed by atoms with Crippen LogP contribution < -0.4 is 16.6 Å². The molecule has 0 bridgehead atoms. The fourth-order valence-electron chi connectivity index (χ4n) is 1.31. The van der Waals surface area contributed by atoms with Crippen LogP contribution in [0.4, 0.5) is 5.69 Å². The zero-order chi connectivity index (χ0) is 12.8. The van der Waals surface area contributed by atoms with E-state index in [2.05, 4.69) is 5.32 Å². The number of anilines is 1.